The zero-order chi connectivity index (χ0) is 12.3. The van der Waals surface area contributed by atoms with Crippen LogP contribution in [0.5, 0.6) is 0 Å². The van der Waals surface area contributed by atoms with Crippen molar-refractivity contribution in [3.8, 4) is 0 Å². The first-order chi connectivity index (χ1) is 7.40. The second kappa shape index (κ2) is 4.91. The van der Waals surface area contributed by atoms with Crippen molar-refractivity contribution in [1.29, 1.82) is 0 Å². The van der Waals surface area contributed by atoms with Crippen molar-refractivity contribution in [3.05, 3.63) is 33.8 Å². The van der Waals surface area contributed by atoms with Crippen LogP contribution in [0.1, 0.15) is 18.9 Å². The van der Waals surface area contributed by atoms with E-state index >= 15 is 0 Å². The van der Waals surface area contributed by atoms with Crippen LogP contribution in [-0.2, 0) is 10.5 Å². The van der Waals surface area contributed by atoms with Crippen LogP contribution in [-0.4, -0.2) is 11.2 Å². The third-order valence-electron chi connectivity index (χ3n) is 2.10. The molecular formula is C10H11Cl2NO3. The highest BCUT2D eigenvalue weighted by molar-refractivity contribution is 6.36. The van der Waals surface area contributed by atoms with Crippen molar-refractivity contribution in [3.63, 3.8) is 0 Å². The van der Waals surface area contributed by atoms with Gasteiger partial charge in [-0.1, -0.05) is 36.2 Å². The van der Waals surface area contributed by atoms with Gasteiger partial charge in [-0.3, -0.25) is 0 Å². The third-order valence-corrected chi connectivity index (χ3v) is 2.73. The number of primary amides is 1. The number of carbonyl (C=O) groups excluding carboxylic acids is 1. The van der Waals surface area contributed by atoms with Gasteiger partial charge in [0.2, 0.25) is 5.79 Å². The van der Waals surface area contributed by atoms with E-state index in [9.17, 15) is 9.90 Å². The molecule has 0 radical (unpaired) electrons. The average molecular weight is 264 g/mol. The number of aliphatic hydroxyl groups is 1. The van der Waals surface area contributed by atoms with E-state index in [1.165, 1.54) is 12.1 Å². The molecule has 1 amide bonds. The fraction of sp³-hybridized carbons (Fsp3) is 0.300. The zero-order valence-corrected chi connectivity index (χ0v) is 10.0. The fourth-order valence-electron chi connectivity index (χ4n) is 1.34. The first-order valence-corrected chi connectivity index (χ1v) is 5.31. The molecule has 1 atom stereocenters. The standard InChI is InChI=1S/C10H11Cl2NO3/c1-2-10(15,16-9(13)14)8-6(11)4-3-5-7(8)12/h3-5,15H,2H2,1H3,(H2,13,14). The van der Waals surface area contributed by atoms with E-state index in [1.807, 2.05) is 0 Å². The molecule has 88 valence electrons. The van der Waals surface area contributed by atoms with E-state index in [4.69, 9.17) is 28.9 Å². The highest BCUT2D eigenvalue weighted by atomic mass is 35.5. The van der Waals surface area contributed by atoms with Gasteiger partial charge in [-0.25, -0.2) is 4.79 Å². The Morgan fingerprint density at radius 3 is 2.38 bits per heavy atom. The van der Waals surface area contributed by atoms with Gasteiger partial charge in [-0.15, -0.1) is 0 Å². The Morgan fingerprint density at radius 1 is 1.50 bits per heavy atom. The molecule has 3 N–H and O–H groups in total. The van der Waals surface area contributed by atoms with Crippen LogP contribution in [0.25, 0.3) is 0 Å². The van der Waals surface area contributed by atoms with Crippen molar-refractivity contribution in [2.75, 3.05) is 0 Å². The number of carbonyl (C=O) groups is 1. The van der Waals surface area contributed by atoms with Crippen LogP contribution < -0.4 is 5.73 Å². The Hall–Kier alpha value is -0.970. The lowest BCUT2D eigenvalue weighted by Gasteiger charge is -2.27. The van der Waals surface area contributed by atoms with Crippen LogP contribution in [0.4, 0.5) is 4.79 Å². The molecule has 1 aromatic rings. The minimum atomic E-state index is -1.90. The molecule has 0 saturated carbocycles. The molecule has 6 heteroatoms. The molecule has 0 bridgehead atoms. The summed E-state index contributed by atoms with van der Waals surface area (Å²) in [5.74, 6) is -1.90. The Balaban J connectivity index is 3.27. The van der Waals surface area contributed by atoms with Crippen molar-refractivity contribution in [2.45, 2.75) is 19.1 Å². The van der Waals surface area contributed by atoms with Gasteiger partial charge < -0.3 is 15.6 Å². The number of nitrogens with two attached hydrogens (primary N) is 1. The van der Waals surface area contributed by atoms with Gasteiger partial charge >= 0.3 is 6.09 Å². The summed E-state index contributed by atoms with van der Waals surface area (Å²) in [5.41, 5.74) is 5.02. The molecule has 0 aliphatic carbocycles. The van der Waals surface area contributed by atoms with E-state index in [1.54, 1.807) is 13.0 Å². The van der Waals surface area contributed by atoms with Gasteiger partial charge in [-0.2, -0.15) is 0 Å². The largest absolute Gasteiger partial charge is 0.413 e. The van der Waals surface area contributed by atoms with Crippen LogP contribution in [0.3, 0.4) is 0 Å². The van der Waals surface area contributed by atoms with Crippen LogP contribution in [0, 0.1) is 0 Å². The second-order valence-corrected chi connectivity index (χ2v) is 3.97. The first kappa shape index (κ1) is 13.1. The summed E-state index contributed by atoms with van der Waals surface area (Å²) in [6.45, 7) is 1.61. The van der Waals surface area contributed by atoms with Crippen LogP contribution >= 0.6 is 23.2 Å². The molecule has 0 aliphatic heterocycles. The Kier molecular flexibility index (Phi) is 4.02. The smallest absolute Gasteiger partial charge is 0.407 e. The topological polar surface area (TPSA) is 72.6 Å². The predicted octanol–water partition coefficient (Wildman–Crippen LogP) is 2.64. The maximum Gasteiger partial charge on any atom is 0.407 e. The number of ether oxygens (including phenoxy) is 1. The zero-order valence-electron chi connectivity index (χ0n) is 8.54. The monoisotopic (exact) mass is 263 g/mol. The average Bonchev–Trinajstić information content (AvgIpc) is 2.16. The van der Waals surface area contributed by atoms with Crippen molar-refractivity contribution >= 4 is 29.3 Å². The minimum absolute atomic E-state index is 0.0827. The molecule has 0 aromatic heterocycles. The molecule has 1 rings (SSSR count). The van der Waals surface area contributed by atoms with E-state index < -0.39 is 11.9 Å². The van der Waals surface area contributed by atoms with Gasteiger partial charge in [0.15, 0.2) is 0 Å². The summed E-state index contributed by atoms with van der Waals surface area (Å²) in [4.78, 5) is 10.7. The Morgan fingerprint density at radius 2 is 2.00 bits per heavy atom. The summed E-state index contributed by atoms with van der Waals surface area (Å²) in [6.07, 6.45) is -1.01. The van der Waals surface area contributed by atoms with Crippen molar-refractivity contribution < 1.29 is 14.6 Å². The number of amides is 1. The maximum absolute atomic E-state index is 10.7. The molecule has 0 spiro atoms. The molecule has 0 heterocycles. The van der Waals surface area contributed by atoms with Gasteiger partial charge in [0.1, 0.15) is 0 Å². The third kappa shape index (κ3) is 2.58. The lowest BCUT2D eigenvalue weighted by atomic mass is 10.0. The molecule has 16 heavy (non-hydrogen) atoms. The molecule has 0 aliphatic rings. The second-order valence-electron chi connectivity index (χ2n) is 3.16. The van der Waals surface area contributed by atoms with Crippen LogP contribution in [0.15, 0.2) is 18.2 Å². The normalized spacial score (nSPS) is 14.2. The summed E-state index contributed by atoms with van der Waals surface area (Å²) >= 11 is 11.8. The lowest BCUT2D eigenvalue weighted by Crippen LogP contribution is -2.34. The summed E-state index contributed by atoms with van der Waals surface area (Å²) in [7, 11) is 0. The van der Waals surface area contributed by atoms with Gasteiger partial charge in [0.25, 0.3) is 0 Å². The first-order valence-electron chi connectivity index (χ1n) is 4.56. The van der Waals surface area contributed by atoms with Gasteiger partial charge in [0, 0.05) is 6.42 Å². The Bertz CT molecular complexity index is 391. The number of halogens is 2. The van der Waals surface area contributed by atoms with Crippen LogP contribution in [0.2, 0.25) is 10.0 Å². The van der Waals surface area contributed by atoms with Gasteiger partial charge in [0.05, 0.1) is 15.6 Å². The summed E-state index contributed by atoms with van der Waals surface area (Å²) in [6, 6.07) is 4.69. The lowest BCUT2D eigenvalue weighted by molar-refractivity contribution is -0.169. The molecule has 0 fully saturated rings. The molecule has 1 unspecified atom stereocenters. The Labute approximate surface area is 103 Å². The summed E-state index contributed by atoms with van der Waals surface area (Å²) < 4.78 is 4.66. The summed E-state index contributed by atoms with van der Waals surface area (Å²) in [5, 5.41) is 10.5. The number of hydrogen-bond acceptors (Lipinski definition) is 3. The van der Waals surface area contributed by atoms with Crippen molar-refractivity contribution in [2.24, 2.45) is 5.73 Å². The molecule has 0 saturated heterocycles. The highest BCUT2D eigenvalue weighted by Gasteiger charge is 2.35. The van der Waals surface area contributed by atoms with Crippen molar-refractivity contribution in [1.82, 2.24) is 0 Å². The van der Waals surface area contributed by atoms with Gasteiger partial charge in [-0.05, 0) is 12.1 Å². The predicted molar refractivity (Wildman–Crippen MR) is 61.3 cm³/mol. The van der Waals surface area contributed by atoms with E-state index in [-0.39, 0.29) is 22.0 Å². The number of hydrogen-bond donors (Lipinski definition) is 2. The molecule has 4 nitrogen and oxygen atoms in total. The minimum Gasteiger partial charge on any atom is -0.413 e. The van der Waals surface area contributed by atoms with E-state index in [0.717, 1.165) is 0 Å². The highest BCUT2D eigenvalue weighted by Crippen LogP contribution is 2.37. The molecule has 1 aromatic carbocycles. The molecular weight excluding hydrogens is 253 g/mol. The fourth-order valence-corrected chi connectivity index (χ4v) is 2.03. The number of benzene rings is 1. The number of rotatable bonds is 3. The quantitative estimate of drug-likeness (QED) is 0.824. The van der Waals surface area contributed by atoms with E-state index in [2.05, 4.69) is 4.74 Å². The van der Waals surface area contributed by atoms with E-state index in [0.29, 0.717) is 0 Å². The SMILES string of the molecule is CCC(O)(OC(N)=O)c1c(Cl)cccc1Cl. The maximum atomic E-state index is 10.7.